The van der Waals surface area contributed by atoms with Crippen LogP contribution in [0.4, 0.5) is 0 Å². The zero-order valence-electron chi connectivity index (χ0n) is 8.21. The Morgan fingerprint density at radius 1 is 1.33 bits per heavy atom. The van der Waals surface area contributed by atoms with E-state index in [4.69, 9.17) is 4.74 Å². The number of ether oxygens (including phenoxy) is 1. The van der Waals surface area contributed by atoms with Crippen LogP contribution in [-0.4, -0.2) is 22.2 Å². The Hall–Kier alpha value is -2.10. The van der Waals surface area contributed by atoms with Crippen molar-refractivity contribution < 1.29 is 9.84 Å². The van der Waals surface area contributed by atoms with Crippen molar-refractivity contribution in [3.05, 3.63) is 36.8 Å². The van der Waals surface area contributed by atoms with Gasteiger partial charge in [0, 0.05) is 23.5 Å². The van der Waals surface area contributed by atoms with Crippen molar-refractivity contribution in [1.82, 2.24) is 9.97 Å². The molecule has 0 aliphatic carbocycles. The quantitative estimate of drug-likeness (QED) is 0.807. The zero-order chi connectivity index (χ0) is 10.7. The monoisotopic (exact) mass is 202 g/mol. The van der Waals surface area contributed by atoms with Gasteiger partial charge in [0.2, 0.25) is 5.88 Å². The molecule has 0 saturated carbocycles. The molecule has 0 bridgehead atoms. The second-order valence-electron chi connectivity index (χ2n) is 2.99. The molecule has 2 aromatic rings. The molecule has 4 nitrogen and oxygen atoms in total. The summed E-state index contributed by atoms with van der Waals surface area (Å²) in [5.41, 5.74) is 1.59. The van der Waals surface area contributed by atoms with Crippen LogP contribution in [0.5, 0.6) is 11.6 Å². The molecule has 0 spiro atoms. The minimum absolute atomic E-state index is 0.124. The fraction of sp³-hybridized carbons (Fsp3) is 0.0909. The third-order valence-electron chi connectivity index (χ3n) is 2.00. The van der Waals surface area contributed by atoms with Crippen LogP contribution in [0, 0.1) is 0 Å². The number of hydrogen-bond acceptors (Lipinski definition) is 4. The Morgan fingerprint density at radius 2 is 2.20 bits per heavy atom. The van der Waals surface area contributed by atoms with Crippen molar-refractivity contribution in [1.29, 1.82) is 0 Å². The molecule has 15 heavy (non-hydrogen) atoms. The average molecular weight is 202 g/mol. The molecule has 1 N–H and O–H groups in total. The van der Waals surface area contributed by atoms with Gasteiger partial charge in [0.1, 0.15) is 5.75 Å². The maximum absolute atomic E-state index is 9.31. The first-order valence-corrected chi connectivity index (χ1v) is 4.44. The summed E-state index contributed by atoms with van der Waals surface area (Å²) in [7, 11) is 1.56. The Kier molecular flexibility index (Phi) is 2.49. The van der Waals surface area contributed by atoms with Gasteiger partial charge in [-0.15, -0.1) is 0 Å². The lowest BCUT2D eigenvalue weighted by molar-refractivity contribution is 0.399. The van der Waals surface area contributed by atoms with E-state index in [1.54, 1.807) is 25.6 Å². The van der Waals surface area contributed by atoms with Crippen LogP contribution in [0.25, 0.3) is 11.1 Å². The summed E-state index contributed by atoms with van der Waals surface area (Å²) in [6.07, 6.45) is 4.68. The summed E-state index contributed by atoms with van der Waals surface area (Å²) in [5.74, 6) is 0.642. The van der Waals surface area contributed by atoms with Crippen LogP contribution in [0.15, 0.2) is 36.8 Å². The van der Waals surface area contributed by atoms with Gasteiger partial charge in [-0.05, 0) is 18.2 Å². The minimum Gasteiger partial charge on any atom is -0.506 e. The summed E-state index contributed by atoms with van der Waals surface area (Å²) >= 11 is 0. The lowest BCUT2D eigenvalue weighted by atomic mass is 10.1. The molecule has 0 saturated heterocycles. The van der Waals surface area contributed by atoms with Gasteiger partial charge in [-0.1, -0.05) is 0 Å². The van der Waals surface area contributed by atoms with E-state index in [-0.39, 0.29) is 5.75 Å². The summed E-state index contributed by atoms with van der Waals surface area (Å²) in [6, 6.07) is 5.29. The normalized spacial score (nSPS) is 9.93. The summed E-state index contributed by atoms with van der Waals surface area (Å²) in [6.45, 7) is 0. The highest BCUT2D eigenvalue weighted by Crippen LogP contribution is 2.28. The second-order valence-corrected chi connectivity index (χ2v) is 2.99. The highest BCUT2D eigenvalue weighted by Gasteiger charge is 2.06. The van der Waals surface area contributed by atoms with E-state index in [9.17, 15) is 5.11 Å². The molecule has 2 heterocycles. The van der Waals surface area contributed by atoms with Gasteiger partial charge < -0.3 is 9.84 Å². The largest absolute Gasteiger partial charge is 0.506 e. The molecule has 4 heteroatoms. The van der Waals surface area contributed by atoms with Crippen molar-refractivity contribution in [2.75, 3.05) is 7.11 Å². The van der Waals surface area contributed by atoms with Crippen molar-refractivity contribution in [3.63, 3.8) is 0 Å². The molecule has 0 aliphatic rings. The van der Waals surface area contributed by atoms with E-state index in [2.05, 4.69) is 9.97 Å². The second kappa shape index (κ2) is 3.96. The van der Waals surface area contributed by atoms with Gasteiger partial charge in [-0.2, -0.15) is 0 Å². The number of hydrogen-bond donors (Lipinski definition) is 1. The van der Waals surface area contributed by atoms with E-state index in [1.807, 2.05) is 12.1 Å². The summed E-state index contributed by atoms with van der Waals surface area (Å²) in [5, 5.41) is 9.31. The molecule has 2 aromatic heterocycles. The Morgan fingerprint density at radius 3 is 2.93 bits per heavy atom. The van der Waals surface area contributed by atoms with Crippen LogP contribution in [0.3, 0.4) is 0 Å². The number of aromatic nitrogens is 2. The smallest absolute Gasteiger partial charge is 0.221 e. The molecule has 0 aliphatic heterocycles. The Bertz CT molecular complexity index is 472. The van der Waals surface area contributed by atoms with Crippen molar-refractivity contribution in [2.45, 2.75) is 0 Å². The number of aromatic hydroxyl groups is 1. The number of nitrogens with zero attached hydrogens (tertiary/aromatic N) is 2. The summed E-state index contributed by atoms with van der Waals surface area (Å²) in [4.78, 5) is 7.97. The molecule has 0 aromatic carbocycles. The van der Waals surface area contributed by atoms with Crippen molar-refractivity contribution in [3.8, 4) is 22.8 Å². The predicted molar refractivity (Wildman–Crippen MR) is 55.7 cm³/mol. The van der Waals surface area contributed by atoms with Crippen molar-refractivity contribution in [2.24, 2.45) is 0 Å². The molecular weight excluding hydrogens is 192 g/mol. The summed E-state index contributed by atoms with van der Waals surface area (Å²) < 4.78 is 5.12. The molecule has 2 rings (SSSR count). The minimum atomic E-state index is 0.124. The van der Waals surface area contributed by atoms with E-state index in [0.717, 1.165) is 11.1 Å². The van der Waals surface area contributed by atoms with Gasteiger partial charge >= 0.3 is 0 Å². The SMILES string of the molecule is COc1ncccc1-c1cncc(O)c1. The predicted octanol–water partition coefficient (Wildman–Crippen LogP) is 1.86. The molecule has 76 valence electrons. The highest BCUT2D eigenvalue weighted by atomic mass is 16.5. The molecular formula is C11H10N2O2. The third-order valence-corrected chi connectivity index (χ3v) is 2.00. The first-order chi connectivity index (χ1) is 7.31. The van der Waals surface area contributed by atoms with Gasteiger partial charge in [0.25, 0.3) is 0 Å². The molecule has 0 amide bonds. The van der Waals surface area contributed by atoms with Crippen LogP contribution >= 0.6 is 0 Å². The maximum Gasteiger partial charge on any atom is 0.221 e. The van der Waals surface area contributed by atoms with E-state index in [1.165, 1.54) is 6.20 Å². The number of rotatable bonds is 2. The molecule has 0 radical (unpaired) electrons. The molecule has 0 unspecified atom stereocenters. The topological polar surface area (TPSA) is 55.2 Å². The maximum atomic E-state index is 9.31. The number of methoxy groups -OCH3 is 1. The first-order valence-electron chi connectivity index (χ1n) is 4.44. The van der Waals surface area contributed by atoms with Crippen LogP contribution < -0.4 is 4.74 Å². The van der Waals surface area contributed by atoms with E-state index in [0.29, 0.717) is 5.88 Å². The van der Waals surface area contributed by atoms with Crippen LogP contribution in [-0.2, 0) is 0 Å². The first kappa shape index (κ1) is 9.45. The Labute approximate surface area is 87.2 Å². The van der Waals surface area contributed by atoms with Gasteiger partial charge in [0.05, 0.1) is 13.3 Å². The standard InChI is InChI=1S/C11H10N2O2/c1-15-11-10(3-2-4-13-11)8-5-9(14)7-12-6-8/h2-7,14H,1H3. The van der Waals surface area contributed by atoms with E-state index >= 15 is 0 Å². The highest BCUT2D eigenvalue weighted by molar-refractivity contribution is 5.68. The van der Waals surface area contributed by atoms with Gasteiger partial charge in [-0.25, -0.2) is 4.98 Å². The van der Waals surface area contributed by atoms with E-state index < -0.39 is 0 Å². The number of pyridine rings is 2. The Balaban J connectivity index is 2.53. The third kappa shape index (κ3) is 1.88. The molecule has 0 fully saturated rings. The lowest BCUT2D eigenvalue weighted by Crippen LogP contribution is -1.90. The molecule has 0 atom stereocenters. The average Bonchev–Trinajstić information content (AvgIpc) is 2.29. The fourth-order valence-corrected chi connectivity index (χ4v) is 1.35. The fourth-order valence-electron chi connectivity index (χ4n) is 1.35. The lowest BCUT2D eigenvalue weighted by Gasteiger charge is -2.06. The van der Waals surface area contributed by atoms with Gasteiger partial charge in [-0.3, -0.25) is 4.98 Å². The zero-order valence-corrected chi connectivity index (χ0v) is 8.21. The van der Waals surface area contributed by atoms with Gasteiger partial charge in [0.15, 0.2) is 0 Å². The van der Waals surface area contributed by atoms with Crippen LogP contribution in [0.2, 0.25) is 0 Å². The van der Waals surface area contributed by atoms with Crippen molar-refractivity contribution >= 4 is 0 Å². The van der Waals surface area contributed by atoms with Crippen LogP contribution in [0.1, 0.15) is 0 Å².